The highest BCUT2D eigenvalue weighted by Gasteiger charge is 2.27. The molecule has 6 heteroatoms. The minimum atomic E-state index is 0.772. The molecule has 1 aromatic heterocycles. The van der Waals surface area contributed by atoms with Gasteiger partial charge in [-0.1, -0.05) is 78.9 Å². The molecule has 0 aliphatic carbocycles. The van der Waals surface area contributed by atoms with Gasteiger partial charge in [0.1, 0.15) is 0 Å². The van der Waals surface area contributed by atoms with Gasteiger partial charge >= 0.3 is 0 Å². The van der Waals surface area contributed by atoms with Crippen LogP contribution in [0.25, 0.3) is 28.5 Å². The Kier molecular flexibility index (Phi) is 6.77. The summed E-state index contributed by atoms with van der Waals surface area (Å²) in [5, 5.41) is 9.59. The molecule has 3 heterocycles. The normalized spacial score (nSPS) is 12.7. The van der Waals surface area contributed by atoms with Crippen LogP contribution in [0.1, 0.15) is 11.1 Å². The molecule has 0 fully saturated rings. The number of nitrogens with zero attached hydrogens (tertiary/aromatic N) is 5. The SMILES string of the molecule is c1ccc(-n2c(-c3ccc(N4c5ccccc5Cc5ccccc54)cc3)nnc2-c2ccc(N3c4ccccc4Oc4ccccc43)cc2)cc1. The van der Waals surface area contributed by atoms with Crippen molar-refractivity contribution in [2.24, 2.45) is 0 Å². The van der Waals surface area contributed by atoms with Gasteiger partial charge in [-0.25, -0.2) is 0 Å². The lowest BCUT2D eigenvalue weighted by atomic mass is 9.95. The maximum Gasteiger partial charge on any atom is 0.168 e. The molecule has 2 aliphatic heterocycles. The predicted molar refractivity (Wildman–Crippen MR) is 204 cm³/mol. The van der Waals surface area contributed by atoms with Crippen molar-refractivity contribution in [3.63, 3.8) is 0 Å². The van der Waals surface area contributed by atoms with Gasteiger partial charge in [-0.3, -0.25) is 4.57 Å². The molecular formula is C45H31N5O. The van der Waals surface area contributed by atoms with E-state index in [2.05, 4.69) is 136 Å². The lowest BCUT2D eigenvalue weighted by molar-refractivity contribution is 0.477. The summed E-state index contributed by atoms with van der Waals surface area (Å²) >= 11 is 0. The molecule has 0 bridgehead atoms. The van der Waals surface area contributed by atoms with Crippen LogP contribution < -0.4 is 14.5 Å². The molecule has 0 atom stereocenters. The van der Waals surface area contributed by atoms with Crippen LogP contribution in [-0.2, 0) is 6.42 Å². The fourth-order valence-electron chi connectivity index (χ4n) is 7.35. The Morgan fingerprint density at radius 1 is 0.373 bits per heavy atom. The summed E-state index contributed by atoms with van der Waals surface area (Å²) in [5.74, 6) is 3.21. The maximum atomic E-state index is 6.24. The number of rotatable bonds is 5. The van der Waals surface area contributed by atoms with Gasteiger partial charge < -0.3 is 14.5 Å². The summed E-state index contributed by atoms with van der Waals surface area (Å²) in [6.07, 6.45) is 0.928. The lowest BCUT2D eigenvalue weighted by Gasteiger charge is -2.33. The zero-order chi connectivity index (χ0) is 33.7. The Bertz CT molecular complexity index is 2290. The van der Waals surface area contributed by atoms with Crippen LogP contribution in [0.4, 0.5) is 34.1 Å². The molecule has 0 N–H and O–H groups in total. The molecule has 0 spiro atoms. The van der Waals surface area contributed by atoms with Crippen LogP contribution in [0.15, 0.2) is 176 Å². The lowest BCUT2D eigenvalue weighted by Crippen LogP contribution is -2.18. The van der Waals surface area contributed by atoms with E-state index in [4.69, 9.17) is 14.9 Å². The molecular weight excluding hydrogens is 627 g/mol. The molecule has 7 aromatic carbocycles. The van der Waals surface area contributed by atoms with E-state index in [1.54, 1.807) is 0 Å². The van der Waals surface area contributed by atoms with Gasteiger partial charge in [-0.05, 0) is 108 Å². The Hall–Kier alpha value is -6.92. The van der Waals surface area contributed by atoms with Gasteiger partial charge in [0, 0.05) is 46.0 Å². The molecule has 10 rings (SSSR count). The van der Waals surface area contributed by atoms with Crippen molar-refractivity contribution in [1.82, 2.24) is 14.8 Å². The molecule has 0 radical (unpaired) electrons. The Balaban J connectivity index is 1.04. The van der Waals surface area contributed by atoms with Gasteiger partial charge in [0.15, 0.2) is 23.1 Å². The number of hydrogen-bond acceptors (Lipinski definition) is 5. The van der Waals surface area contributed by atoms with Crippen molar-refractivity contribution in [3.05, 3.63) is 187 Å². The number of ether oxygens (including phenoxy) is 1. The summed E-state index contributed by atoms with van der Waals surface area (Å²) in [5.41, 5.74) is 12.1. The van der Waals surface area contributed by atoms with E-state index >= 15 is 0 Å². The molecule has 8 aromatic rings. The topological polar surface area (TPSA) is 46.4 Å². The molecule has 6 nitrogen and oxygen atoms in total. The van der Waals surface area contributed by atoms with Crippen molar-refractivity contribution in [2.75, 3.05) is 9.80 Å². The largest absolute Gasteiger partial charge is 0.453 e. The van der Waals surface area contributed by atoms with Crippen LogP contribution in [0.3, 0.4) is 0 Å². The van der Waals surface area contributed by atoms with Gasteiger partial charge in [0.05, 0.1) is 11.4 Å². The van der Waals surface area contributed by atoms with Gasteiger partial charge in [-0.15, -0.1) is 10.2 Å². The van der Waals surface area contributed by atoms with Crippen molar-refractivity contribution >= 4 is 34.1 Å². The monoisotopic (exact) mass is 657 g/mol. The first kappa shape index (κ1) is 29.0. The number of anilines is 6. The molecule has 242 valence electrons. The average Bonchev–Trinajstić information content (AvgIpc) is 3.65. The Morgan fingerprint density at radius 3 is 1.29 bits per heavy atom. The van der Waals surface area contributed by atoms with Crippen molar-refractivity contribution in [1.29, 1.82) is 0 Å². The second-order valence-corrected chi connectivity index (χ2v) is 12.8. The van der Waals surface area contributed by atoms with E-state index in [1.807, 2.05) is 54.6 Å². The van der Waals surface area contributed by atoms with E-state index in [0.717, 1.165) is 69.1 Å². The first-order valence-corrected chi connectivity index (χ1v) is 17.1. The van der Waals surface area contributed by atoms with Crippen LogP contribution >= 0.6 is 0 Å². The number of aromatic nitrogens is 3. The third kappa shape index (κ3) is 4.88. The second kappa shape index (κ2) is 11.9. The van der Waals surface area contributed by atoms with Crippen molar-refractivity contribution in [2.45, 2.75) is 6.42 Å². The molecule has 0 unspecified atom stereocenters. The van der Waals surface area contributed by atoms with Crippen LogP contribution in [0.5, 0.6) is 11.5 Å². The fraction of sp³-hybridized carbons (Fsp3) is 0.0222. The first-order valence-electron chi connectivity index (χ1n) is 17.1. The maximum absolute atomic E-state index is 6.24. The van der Waals surface area contributed by atoms with Crippen LogP contribution in [0, 0.1) is 0 Å². The minimum Gasteiger partial charge on any atom is -0.453 e. The average molecular weight is 658 g/mol. The smallest absolute Gasteiger partial charge is 0.168 e. The summed E-state index contributed by atoms with van der Waals surface area (Å²) in [6, 6.07) is 61.1. The highest BCUT2D eigenvalue weighted by atomic mass is 16.5. The Labute approximate surface area is 296 Å². The number of para-hydroxylation sites is 7. The second-order valence-electron chi connectivity index (χ2n) is 12.8. The van der Waals surface area contributed by atoms with Crippen molar-refractivity contribution < 1.29 is 4.74 Å². The summed E-state index contributed by atoms with van der Waals surface area (Å²) < 4.78 is 8.39. The van der Waals surface area contributed by atoms with E-state index in [1.165, 1.54) is 22.5 Å². The third-order valence-electron chi connectivity index (χ3n) is 9.72. The van der Waals surface area contributed by atoms with Gasteiger partial charge in [-0.2, -0.15) is 0 Å². The zero-order valence-electron chi connectivity index (χ0n) is 27.6. The van der Waals surface area contributed by atoms with E-state index in [-0.39, 0.29) is 0 Å². The van der Waals surface area contributed by atoms with Gasteiger partial charge in [0.25, 0.3) is 0 Å². The number of hydrogen-bond donors (Lipinski definition) is 0. The third-order valence-corrected chi connectivity index (χ3v) is 9.72. The van der Waals surface area contributed by atoms with Crippen LogP contribution in [-0.4, -0.2) is 14.8 Å². The Morgan fingerprint density at radius 2 is 0.784 bits per heavy atom. The van der Waals surface area contributed by atoms with E-state index < -0.39 is 0 Å². The van der Waals surface area contributed by atoms with E-state index in [9.17, 15) is 0 Å². The molecule has 0 saturated carbocycles. The quantitative estimate of drug-likeness (QED) is 0.184. The molecule has 0 saturated heterocycles. The van der Waals surface area contributed by atoms with E-state index in [0.29, 0.717) is 0 Å². The number of benzene rings is 7. The molecule has 0 amide bonds. The summed E-state index contributed by atoms with van der Waals surface area (Å²) in [7, 11) is 0. The standard InChI is InChI=1S/C45H31N5O/c1-2-14-35(15-3-1)50-44(31-22-26-36(27-23-31)48-38-16-6-4-12-33(38)30-34-13-5-7-17-39(34)48)46-47-45(50)32-24-28-37(29-25-32)49-40-18-8-10-20-42(40)51-43-21-11-9-19-41(43)49/h1-29H,30H2. The summed E-state index contributed by atoms with van der Waals surface area (Å²) in [6.45, 7) is 0. The van der Waals surface area contributed by atoms with Crippen molar-refractivity contribution in [3.8, 4) is 40.0 Å². The highest BCUT2D eigenvalue weighted by Crippen LogP contribution is 2.50. The fourth-order valence-corrected chi connectivity index (χ4v) is 7.35. The molecule has 51 heavy (non-hydrogen) atoms. The van der Waals surface area contributed by atoms with Crippen LogP contribution in [0.2, 0.25) is 0 Å². The zero-order valence-corrected chi connectivity index (χ0v) is 27.6. The first-order chi connectivity index (χ1) is 25.3. The highest BCUT2D eigenvalue weighted by molar-refractivity contribution is 5.87. The molecule has 2 aliphatic rings. The number of fused-ring (bicyclic) bond motifs is 4. The summed E-state index contributed by atoms with van der Waals surface area (Å²) in [4.78, 5) is 4.60. The minimum absolute atomic E-state index is 0.772. The predicted octanol–water partition coefficient (Wildman–Crippen LogP) is 11.6. The van der Waals surface area contributed by atoms with Gasteiger partial charge in [0.2, 0.25) is 0 Å².